The van der Waals surface area contributed by atoms with Gasteiger partial charge in [0.25, 0.3) is 0 Å². The molecule has 0 saturated carbocycles. The number of hydrogen-bond donors (Lipinski definition) is 1. The van der Waals surface area contributed by atoms with Crippen LogP contribution in [0.5, 0.6) is 0 Å². The molecular formula is C28H54O3. The summed E-state index contributed by atoms with van der Waals surface area (Å²) in [4.78, 5) is 10.9. The van der Waals surface area contributed by atoms with Gasteiger partial charge in [0, 0.05) is 7.11 Å². The third kappa shape index (κ3) is 23.7. The van der Waals surface area contributed by atoms with Crippen molar-refractivity contribution in [2.45, 2.75) is 154 Å². The minimum Gasteiger partial charge on any atom is -0.479 e. The highest BCUT2D eigenvalue weighted by Gasteiger charge is 2.14. The van der Waals surface area contributed by atoms with E-state index in [0.717, 1.165) is 12.8 Å². The number of aliphatic carboxylic acids is 1. The summed E-state index contributed by atoms with van der Waals surface area (Å²) in [5.74, 6) is -0.835. The first-order chi connectivity index (χ1) is 15.2. The number of ether oxygens (including phenoxy) is 1. The van der Waals surface area contributed by atoms with Gasteiger partial charge in [-0.3, -0.25) is 0 Å². The molecule has 1 N–H and O–H groups in total. The molecule has 31 heavy (non-hydrogen) atoms. The van der Waals surface area contributed by atoms with Gasteiger partial charge < -0.3 is 9.84 Å². The number of hydrogen-bond acceptors (Lipinski definition) is 2. The number of carbonyl (C=O) groups is 1. The maximum Gasteiger partial charge on any atom is 0.332 e. The van der Waals surface area contributed by atoms with E-state index in [4.69, 9.17) is 9.84 Å². The van der Waals surface area contributed by atoms with Crippen molar-refractivity contribution in [1.82, 2.24) is 0 Å². The van der Waals surface area contributed by atoms with Crippen molar-refractivity contribution in [3.8, 4) is 0 Å². The highest BCUT2D eigenvalue weighted by atomic mass is 16.5. The lowest BCUT2D eigenvalue weighted by Crippen LogP contribution is -2.21. The number of rotatable bonds is 25. The second-order valence-corrected chi connectivity index (χ2v) is 9.26. The molecule has 1 unspecified atom stereocenters. The Labute approximate surface area is 194 Å². The third-order valence-electron chi connectivity index (χ3n) is 6.29. The number of allylic oxidation sites excluding steroid dienone is 2. The zero-order valence-electron chi connectivity index (χ0n) is 21.1. The van der Waals surface area contributed by atoms with Crippen LogP contribution in [-0.2, 0) is 9.53 Å². The van der Waals surface area contributed by atoms with Gasteiger partial charge in [0.05, 0.1) is 0 Å². The Morgan fingerprint density at radius 1 is 0.645 bits per heavy atom. The van der Waals surface area contributed by atoms with Crippen molar-refractivity contribution in [1.29, 1.82) is 0 Å². The van der Waals surface area contributed by atoms with Crippen LogP contribution in [0, 0.1) is 0 Å². The molecule has 0 aromatic carbocycles. The number of methoxy groups -OCH3 is 1. The number of carboxylic acids is 1. The summed E-state index contributed by atoms with van der Waals surface area (Å²) >= 11 is 0. The fourth-order valence-corrected chi connectivity index (χ4v) is 4.16. The van der Waals surface area contributed by atoms with Gasteiger partial charge in [0.2, 0.25) is 0 Å². The molecule has 0 rings (SSSR count). The smallest absolute Gasteiger partial charge is 0.332 e. The first-order valence-electron chi connectivity index (χ1n) is 13.6. The van der Waals surface area contributed by atoms with Crippen LogP contribution in [0.25, 0.3) is 0 Å². The summed E-state index contributed by atoms with van der Waals surface area (Å²) in [5, 5.41) is 8.92. The Bertz CT molecular complexity index is 392. The fraction of sp³-hybridized carbons (Fsp3) is 0.893. The molecule has 3 nitrogen and oxygen atoms in total. The van der Waals surface area contributed by atoms with E-state index in [-0.39, 0.29) is 0 Å². The molecule has 0 aromatic rings. The lowest BCUT2D eigenvalue weighted by atomic mass is 10.0. The maximum atomic E-state index is 10.9. The lowest BCUT2D eigenvalue weighted by molar-refractivity contribution is -0.148. The van der Waals surface area contributed by atoms with E-state index in [9.17, 15) is 4.79 Å². The van der Waals surface area contributed by atoms with Gasteiger partial charge in [-0.25, -0.2) is 4.79 Å². The van der Waals surface area contributed by atoms with E-state index in [1.807, 2.05) is 0 Å². The van der Waals surface area contributed by atoms with Gasteiger partial charge in [-0.15, -0.1) is 0 Å². The van der Waals surface area contributed by atoms with Crippen LogP contribution < -0.4 is 0 Å². The van der Waals surface area contributed by atoms with Crippen LogP contribution in [0.15, 0.2) is 12.2 Å². The molecule has 0 fully saturated rings. The minimum absolute atomic E-state index is 0.618. The number of carboxylic acid groups (broad SMARTS) is 1. The van der Waals surface area contributed by atoms with Crippen molar-refractivity contribution >= 4 is 5.97 Å². The predicted octanol–water partition coefficient (Wildman–Crippen LogP) is 9.24. The van der Waals surface area contributed by atoms with Crippen molar-refractivity contribution in [2.75, 3.05) is 7.11 Å². The van der Waals surface area contributed by atoms with Crippen molar-refractivity contribution < 1.29 is 14.6 Å². The molecular weight excluding hydrogens is 384 g/mol. The standard InChI is InChI=1S/C28H54O3/c1-3-4-5-6-7-8-9-10-11-12-13-14-15-16-17-18-19-20-21-22-23-24-25-26-27(31-2)28(29)30/h8-9,27H,3-7,10-26H2,1-2H3,(H,29,30). The average Bonchev–Trinajstić information content (AvgIpc) is 2.76. The van der Waals surface area contributed by atoms with E-state index in [2.05, 4.69) is 19.1 Å². The highest BCUT2D eigenvalue weighted by Crippen LogP contribution is 2.15. The van der Waals surface area contributed by atoms with Gasteiger partial charge in [0.15, 0.2) is 6.10 Å². The van der Waals surface area contributed by atoms with E-state index >= 15 is 0 Å². The molecule has 0 aliphatic rings. The molecule has 0 aliphatic heterocycles. The summed E-state index contributed by atoms with van der Waals surface area (Å²) in [5.41, 5.74) is 0. The van der Waals surface area contributed by atoms with Crippen molar-refractivity contribution in [2.24, 2.45) is 0 Å². The Morgan fingerprint density at radius 3 is 1.35 bits per heavy atom. The van der Waals surface area contributed by atoms with Gasteiger partial charge in [-0.05, 0) is 32.1 Å². The van der Waals surface area contributed by atoms with Gasteiger partial charge >= 0.3 is 5.97 Å². The second kappa shape index (κ2) is 25.4. The molecule has 0 spiro atoms. The lowest BCUT2D eigenvalue weighted by Gasteiger charge is -2.09. The molecule has 1 atom stereocenters. The zero-order chi connectivity index (χ0) is 22.8. The predicted molar refractivity (Wildman–Crippen MR) is 135 cm³/mol. The molecule has 0 aliphatic carbocycles. The first kappa shape index (κ1) is 30.2. The first-order valence-corrected chi connectivity index (χ1v) is 13.6. The summed E-state index contributed by atoms with van der Waals surface area (Å²) in [7, 11) is 1.48. The maximum absolute atomic E-state index is 10.9. The van der Waals surface area contributed by atoms with Crippen LogP contribution >= 0.6 is 0 Å². The Kier molecular flexibility index (Phi) is 24.7. The van der Waals surface area contributed by atoms with E-state index in [1.54, 1.807) is 0 Å². The second-order valence-electron chi connectivity index (χ2n) is 9.26. The van der Waals surface area contributed by atoms with E-state index in [0.29, 0.717) is 6.42 Å². The monoisotopic (exact) mass is 438 g/mol. The van der Waals surface area contributed by atoms with Crippen LogP contribution in [0.3, 0.4) is 0 Å². The molecule has 0 saturated heterocycles. The summed E-state index contributed by atoms with van der Waals surface area (Å²) in [6.07, 6.45) is 32.8. The molecule has 0 radical (unpaired) electrons. The summed E-state index contributed by atoms with van der Waals surface area (Å²) < 4.78 is 4.96. The molecule has 0 bridgehead atoms. The van der Waals surface area contributed by atoms with Crippen LogP contribution in [0.4, 0.5) is 0 Å². The topological polar surface area (TPSA) is 46.5 Å². The fourth-order valence-electron chi connectivity index (χ4n) is 4.16. The molecule has 0 amide bonds. The Balaban J connectivity index is 3.14. The minimum atomic E-state index is -0.835. The molecule has 3 heteroatoms. The van der Waals surface area contributed by atoms with E-state index < -0.39 is 12.1 Å². The largest absolute Gasteiger partial charge is 0.479 e. The average molecular weight is 439 g/mol. The highest BCUT2D eigenvalue weighted by molar-refractivity contribution is 5.72. The molecule has 0 aromatic heterocycles. The zero-order valence-corrected chi connectivity index (χ0v) is 21.1. The van der Waals surface area contributed by atoms with Crippen molar-refractivity contribution in [3.63, 3.8) is 0 Å². The Morgan fingerprint density at radius 2 is 1.00 bits per heavy atom. The third-order valence-corrected chi connectivity index (χ3v) is 6.29. The van der Waals surface area contributed by atoms with Gasteiger partial charge in [-0.1, -0.05) is 128 Å². The van der Waals surface area contributed by atoms with E-state index in [1.165, 1.54) is 129 Å². The summed E-state index contributed by atoms with van der Waals surface area (Å²) in [6.45, 7) is 2.27. The van der Waals surface area contributed by atoms with Crippen LogP contribution in [0.2, 0.25) is 0 Å². The van der Waals surface area contributed by atoms with Crippen LogP contribution in [0.1, 0.15) is 148 Å². The molecule has 0 heterocycles. The van der Waals surface area contributed by atoms with Gasteiger partial charge in [0.1, 0.15) is 0 Å². The Hall–Kier alpha value is -0.830. The summed E-state index contributed by atoms with van der Waals surface area (Å²) in [6, 6.07) is 0. The normalized spacial score (nSPS) is 12.6. The number of unbranched alkanes of at least 4 members (excludes halogenated alkanes) is 19. The van der Waals surface area contributed by atoms with Gasteiger partial charge in [-0.2, -0.15) is 0 Å². The van der Waals surface area contributed by atoms with Crippen LogP contribution in [-0.4, -0.2) is 24.3 Å². The quantitative estimate of drug-likeness (QED) is 0.114. The SMILES string of the molecule is CCCCCCC=CCCCCCCCCCCCCCCCCCC(OC)C(=O)O. The molecule has 184 valence electrons. The van der Waals surface area contributed by atoms with Crippen molar-refractivity contribution in [3.05, 3.63) is 12.2 Å².